The molecular formula is C16H8ClI2NO2. The maximum atomic E-state index is 12.0. The Labute approximate surface area is 159 Å². The zero-order chi connectivity index (χ0) is 15.7. The van der Waals surface area contributed by atoms with E-state index >= 15 is 0 Å². The van der Waals surface area contributed by atoms with E-state index in [9.17, 15) is 4.79 Å². The molecule has 22 heavy (non-hydrogen) atoms. The smallest absolute Gasteiger partial charge is 0.363 e. The molecule has 2 aromatic rings. The molecule has 0 saturated heterocycles. The molecule has 0 aromatic heterocycles. The Morgan fingerprint density at radius 1 is 1.05 bits per heavy atom. The number of carbonyl (C=O) groups excluding carboxylic acids is 1. The molecule has 0 radical (unpaired) electrons. The van der Waals surface area contributed by atoms with Gasteiger partial charge in [-0.3, -0.25) is 0 Å². The first-order valence-corrected chi connectivity index (χ1v) is 8.80. The van der Waals surface area contributed by atoms with Crippen LogP contribution >= 0.6 is 56.8 Å². The van der Waals surface area contributed by atoms with Crippen molar-refractivity contribution in [1.29, 1.82) is 0 Å². The Kier molecular flexibility index (Phi) is 4.84. The van der Waals surface area contributed by atoms with Gasteiger partial charge in [0.25, 0.3) is 0 Å². The number of hydrogen-bond donors (Lipinski definition) is 0. The molecule has 2 aromatic carbocycles. The summed E-state index contributed by atoms with van der Waals surface area (Å²) in [5.41, 5.74) is 1.78. The zero-order valence-electron chi connectivity index (χ0n) is 11.0. The number of halogens is 3. The van der Waals surface area contributed by atoms with Crippen LogP contribution in [-0.4, -0.2) is 11.9 Å². The van der Waals surface area contributed by atoms with Gasteiger partial charge in [0.1, 0.15) is 0 Å². The van der Waals surface area contributed by atoms with Crippen LogP contribution in [-0.2, 0) is 9.53 Å². The Balaban J connectivity index is 1.97. The lowest BCUT2D eigenvalue weighted by Gasteiger charge is -2.02. The van der Waals surface area contributed by atoms with Crippen LogP contribution in [0.1, 0.15) is 11.1 Å². The second-order valence-corrected chi connectivity index (χ2v) is 7.41. The molecule has 0 atom stereocenters. The van der Waals surface area contributed by atoms with E-state index in [1.807, 2.05) is 36.4 Å². The zero-order valence-corrected chi connectivity index (χ0v) is 16.1. The fourth-order valence-electron chi connectivity index (χ4n) is 1.90. The van der Waals surface area contributed by atoms with Crippen molar-refractivity contribution in [3.63, 3.8) is 0 Å². The van der Waals surface area contributed by atoms with E-state index in [1.54, 1.807) is 12.1 Å². The van der Waals surface area contributed by atoms with E-state index in [0.29, 0.717) is 10.6 Å². The van der Waals surface area contributed by atoms with Gasteiger partial charge in [-0.15, -0.1) is 0 Å². The highest BCUT2D eigenvalue weighted by atomic mass is 127. The van der Waals surface area contributed by atoms with E-state index in [-0.39, 0.29) is 11.6 Å². The molecule has 0 saturated carbocycles. The van der Waals surface area contributed by atoms with Gasteiger partial charge in [0, 0.05) is 7.14 Å². The molecule has 0 aliphatic carbocycles. The third-order valence-electron chi connectivity index (χ3n) is 2.95. The molecule has 0 bridgehead atoms. The molecule has 0 fully saturated rings. The van der Waals surface area contributed by atoms with Gasteiger partial charge in [-0.25, -0.2) is 9.79 Å². The predicted molar refractivity (Wildman–Crippen MR) is 104 cm³/mol. The van der Waals surface area contributed by atoms with Crippen LogP contribution in [0.3, 0.4) is 0 Å². The Morgan fingerprint density at radius 3 is 2.45 bits per heavy atom. The Morgan fingerprint density at radius 2 is 1.73 bits per heavy atom. The third kappa shape index (κ3) is 3.52. The van der Waals surface area contributed by atoms with Gasteiger partial charge in [-0.1, -0.05) is 23.7 Å². The lowest BCUT2D eigenvalue weighted by atomic mass is 10.2. The predicted octanol–water partition coefficient (Wildman–Crippen LogP) is 4.89. The SMILES string of the molecule is O=C1OC(c2cc(I)ccc2Cl)=N/C1=C/c1ccc(I)cc1. The summed E-state index contributed by atoms with van der Waals surface area (Å²) in [5.74, 6) is -0.228. The van der Waals surface area contributed by atoms with Gasteiger partial charge < -0.3 is 4.74 Å². The maximum absolute atomic E-state index is 12.0. The molecule has 3 rings (SSSR count). The summed E-state index contributed by atoms with van der Waals surface area (Å²) >= 11 is 10.6. The Bertz CT molecular complexity index is 813. The summed E-state index contributed by atoms with van der Waals surface area (Å²) in [7, 11) is 0. The second-order valence-electron chi connectivity index (χ2n) is 4.51. The molecule has 1 aliphatic rings. The van der Waals surface area contributed by atoms with Gasteiger partial charge in [0.15, 0.2) is 5.70 Å². The van der Waals surface area contributed by atoms with Crippen LogP contribution in [0.25, 0.3) is 6.08 Å². The second kappa shape index (κ2) is 6.67. The van der Waals surface area contributed by atoms with Crippen LogP contribution in [0.15, 0.2) is 53.2 Å². The first kappa shape index (κ1) is 15.9. The summed E-state index contributed by atoms with van der Waals surface area (Å²) in [6.07, 6.45) is 1.70. The lowest BCUT2D eigenvalue weighted by Crippen LogP contribution is -2.06. The van der Waals surface area contributed by atoms with Crippen molar-refractivity contribution in [2.45, 2.75) is 0 Å². The normalized spacial score (nSPS) is 15.9. The van der Waals surface area contributed by atoms with E-state index in [4.69, 9.17) is 16.3 Å². The quantitative estimate of drug-likeness (QED) is 0.312. The maximum Gasteiger partial charge on any atom is 0.363 e. The van der Waals surface area contributed by atoms with Crippen molar-refractivity contribution in [3.8, 4) is 0 Å². The summed E-state index contributed by atoms with van der Waals surface area (Å²) < 4.78 is 7.37. The molecule has 0 N–H and O–H groups in total. The van der Waals surface area contributed by atoms with Crippen molar-refractivity contribution < 1.29 is 9.53 Å². The van der Waals surface area contributed by atoms with Crippen molar-refractivity contribution >= 4 is 74.7 Å². The highest BCUT2D eigenvalue weighted by Crippen LogP contribution is 2.25. The molecule has 1 heterocycles. The van der Waals surface area contributed by atoms with E-state index in [2.05, 4.69) is 50.2 Å². The number of ether oxygens (including phenoxy) is 1. The van der Waals surface area contributed by atoms with Crippen LogP contribution < -0.4 is 0 Å². The molecule has 0 spiro atoms. The molecular weight excluding hydrogens is 527 g/mol. The van der Waals surface area contributed by atoms with Gasteiger partial charge >= 0.3 is 5.97 Å². The summed E-state index contributed by atoms with van der Waals surface area (Å²) in [4.78, 5) is 16.2. The largest absolute Gasteiger partial charge is 0.402 e. The Hall–Kier alpha value is -0.930. The molecule has 6 heteroatoms. The van der Waals surface area contributed by atoms with Crippen molar-refractivity contribution in [3.05, 3.63) is 71.5 Å². The number of nitrogens with zero attached hydrogens (tertiary/aromatic N) is 1. The van der Waals surface area contributed by atoms with Crippen molar-refractivity contribution in [2.75, 3.05) is 0 Å². The van der Waals surface area contributed by atoms with Crippen molar-refractivity contribution in [1.82, 2.24) is 0 Å². The van der Waals surface area contributed by atoms with E-state index < -0.39 is 5.97 Å². The minimum Gasteiger partial charge on any atom is -0.402 e. The minimum atomic E-state index is -0.469. The van der Waals surface area contributed by atoms with E-state index in [0.717, 1.165) is 12.7 Å². The standard InChI is InChI=1S/C16H8ClI2NO2/c17-13-6-5-11(19)8-12(13)15-20-14(16(21)22-15)7-9-1-3-10(18)4-2-9/h1-8H/b14-7+. The summed E-state index contributed by atoms with van der Waals surface area (Å²) in [5, 5.41) is 0.502. The number of carbonyl (C=O) groups is 1. The van der Waals surface area contributed by atoms with Crippen LogP contribution in [0, 0.1) is 7.14 Å². The monoisotopic (exact) mass is 535 g/mol. The fourth-order valence-corrected chi connectivity index (χ4v) is 2.95. The average molecular weight is 536 g/mol. The van der Waals surface area contributed by atoms with Gasteiger partial charge in [0.2, 0.25) is 5.90 Å². The average Bonchev–Trinajstić information content (AvgIpc) is 2.85. The molecule has 0 unspecified atom stereocenters. The fraction of sp³-hybridized carbons (Fsp3) is 0. The van der Waals surface area contributed by atoms with E-state index in [1.165, 1.54) is 0 Å². The molecule has 110 valence electrons. The number of benzene rings is 2. The highest BCUT2D eigenvalue weighted by Gasteiger charge is 2.25. The summed E-state index contributed by atoms with van der Waals surface area (Å²) in [6.45, 7) is 0. The van der Waals surface area contributed by atoms with Crippen molar-refractivity contribution in [2.24, 2.45) is 4.99 Å². The molecule has 1 aliphatic heterocycles. The summed E-state index contributed by atoms with van der Waals surface area (Å²) in [6, 6.07) is 13.3. The number of cyclic esters (lactones) is 1. The van der Waals surface area contributed by atoms with Gasteiger partial charge in [-0.05, 0) is 87.2 Å². The van der Waals surface area contributed by atoms with Crippen LogP contribution in [0.5, 0.6) is 0 Å². The topological polar surface area (TPSA) is 38.7 Å². The molecule has 3 nitrogen and oxygen atoms in total. The number of esters is 1. The lowest BCUT2D eigenvalue weighted by molar-refractivity contribution is -0.129. The molecule has 0 amide bonds. The number of aliphatic imine (C=N–C) groups is 1. The highest BCUT2D eigenvalue weighted by molar-refractivity contribution is 14.1. The van der Waals surface area contributed by atoms with Crippen LogP contribution in [0.4, 0.5) is 0 Å². The first-order chi connectivity index (χ1) is 10.5. The minimum absolute atomic E-state index is 0.241. The van der Waals surface area contributed by atoms with Crippen LogP contribution in [0.2, 0.25) is 5.02 Å². The first-order valence-electron chi connectivity index (χ1n) is 6.26. The van der Waals surface area contributed by atoms with Gasteiger partial charge in [-0.2, -0.15) is 0 Å². The number of rotatable bonds is 2. The number of hydrogen-bond acceptors (Lipinski definition) is 3. The third-order valence-corrected chi connectivity index (χ3v) is 4.67. The van der Waals surface area contributed by atoms with Gasteiger partial charge in [0.05, 0.1) is 10.6 Å².